The second-order valence-electron chi connectivity index (χ2n) is 10.1. The van der Waals surface area contributed by atoms with Crippen LogP contribution in [0.25, 0.3) is 33.4 Å². The Labute approximate surface area is 232 Å². The van der Waals surface area contributed by atoms with Crippen LogP contribution in [0.5, 0.6) is 5.75 Å². The number of nitrogens with zero attached hydrogens (tertiary/aromatic N) is 4. The molecule has 2 aromatic heterocycles. The number of anilines is 1. The van der Waals surface area contributed by atoms with Crippen molar-refractivity contribution in [2.75, 3.05) is 50.9 Å². The fourth-order valence-corrected chi connectivity index (χ4v) is 5.46. The summed E-state index contributed by atoms with van der Waals surface area (Å²) in [6, 6.07) is 20.5. The predicted molar refractivity (Wildman–Crippen MR) is 152 cm³/mol. The number of H-pyrrole nitrogens is 1. The smallest absolute Gasteiger partial charge is 0.248 e. The van der Waals surface area contributed by atoms with E-state index in [4.69, 9.17) is 14.6 Å². The van der Waals surface area contributed by atoms with Gasteiger partial charge in [0.1, 0.15) is 30.2 Å². The van der Waals surface area contributed by atoms with Gasteiger partial charge >= 0.3 is 0 Å². The molecule has 9 heteroatoms. The first-order valence-electron chi connectivity index (χ1n) is 13.6. The monoisotopic (exact) mass is 537 g/mol. The van der Waals surface area contributed by atoms with Gasteiger partial charge in [0, 0.05) is 62.0 Å². The predicted octanol–water partition coefficient (Wildman–Crippen LogP) is 3.97. The Kier molecular flexibility index (Phi) is 7.36. The minimum Gasteiger partial charge on any atom is -0.489 e. The number of carbonyl (C=O) groups excluding carboxylic acids is 1. The molecule has 2 aliphatic heterocycles. The lowest BCUT2D eigenvalue weighted by molar-refractivity contribution is -0.134. The molecule has 0 atom stereocenters. The highest BCUT2D eigenvalue weighted by atomic mass is 16.5. The van der Waals surface area contributed by atoms with Gasteiger partial charge in [-0.25, -0.2) is 4.98 Å². The maximum absolute atomic E-state index is 11.7. The molecule has 6 rings (SSSR count). The van der Waals surface area contributed by atoms with Crippen molar-refractivity contribution in [2.24, 2.45) is 0 Å². The van der Waals surface area contributed by atoms with E-state index in [2.05, 4.69) is 51.3 Å². The SMILES string of the molecule is N#Cc1cc(-c2ccnc3[nH]c(-c4ccc(N5CCN(C(=O)CO)CC5)cc4)cc23)ccc1OC1CCOCC1. The van der Waals surface area contributed by atoms with Gasteiger partial charge in [-0.3, -0.25) is 4.79 Å². The molecule has 0 saturated carbocycles. The standard InChI is InChI=1S/C31H31N5O4/c32-19-23-17-22(3-6-29(23)40-25-8-15-39-16-9-25)26-7-10-33-31-27(26)18-28(34-31)21-1-4-24(5-2-21)35-11-13-36(14-12-35)30(38)20-37/h1-7,10,17-18,25,37H,8-9,11-16,20H2,(H,33,34). The zero-order valence-electron chi connectivity index (χ0n) is 22.2. The fourth-order valence-electron chi connectivity index (χ4n) is 5.46. The van der Waals surface area contributed by atoms with Gasteiger partial charge in [0.15, 0.2) is 0 Å². The highest BCUT2D eigenvalue weighted by Gasteiger charge is 2.21. The Bertz CT molecular complexity index is 1540. The Morgan fingerprint density at radius 3 is 2.52 bits per heavy atom. The molecule has 40 heavy (non-hydrogen) atoms. The van der Waals surface area contributed by atoms with E-state index in [1.54, 1.807) is 11.1 Å². The van der Waals surface area contributed by atoms with Gasteiger partial charge in [0.05, 0.1) is 18.8 Å². The number of piperazine rings is 1. The van der Waals surface area contributed by atoms with Crippen molar-refractivity contribution >= 4 is 22.6 Å². The number of nitrogens with one attached hydrogen (secondary N) is 1. The van der Waals surface area contributed by atoms with E-state index < -0.39 is 6.61 Å². The van der Waals surface area contributed by atoms with E-state index in [1.807, 2.05) is 24.3 Å². The van der Waals surface area contributed by atoms with E-state index in [0.29, 0.717) is 37.6 Å². The minimum absolute atomic E-state index is 0.0676. The molecule has 0 spiro atoms. The summed E-state index contributed by atoms with van der Waals surface area (Å²) in [6.07, 6.45) is 3.50. The van der Waals surface area contributed by atoms with Gasteiger partial charge in [-0.1, -0.05) is 18.2 Å². The van der Waals surface area contributed by atoms with Crippen molar-refractivity contribution in [1.82, 2.24) is 14.9 Å². The van der Waals surface area contributed by atoms with Gasteiger partial charge in [-0.15, -0.1) is 0 Å². The Morgan fingerprint density at radius 2 is 1.80 bits per heavy atom. The fraction of sp³-hybridized carbons (Fsp3) is 0.323. The summed E-state index contributed by atoms with van der Waals surface area (Å²) >= 11 is 0. The molecule has 1 amide bonds. The van der Waals surface area contributed by atoms with Crippen molar-refractivity contribution in [3.8, 4) is 34.2 Å². The van der Waals surface area contributed by atoms with Crippen LogP contribution in [0, 0.1) is 11.3 Å². The van der Waals surface area contributed by atoms with Crippen LogP contribution in [0.3, 0.4) is 0 Å². The molecule has 2 aromatic carbocycles. The maximum atomic E-state index is 11.7. The van der Waals surface area contributed by atoms with Crippen molar-refractivity contribution in [1.29, 1.82) is 5.26 Å². The van der Waals surface area contributed by atoms with Crippen LogP contribution in [0.15, 0.2) is 60.8 Å². The molecule has 4 aromatic rings. The molecule has 0 bridgehead atoms. The number of fused-ring (bicyclic) bond motifs is 1. The van der Waals surface area contributed by atoms with E-state index >= 15 is 0 Å². The van der Waals surface area contributed by atoms with Gasteiger partial charge in [0.25, 0.3) is 0 Å². The number of rotatable bonds is 6. The number of aliphatic hydroxyl groups is 1. The van der Waals surface area contributed by atoms with Gasteiger partial charge < -0.3 is 29.4 Å². The van der Waals surface area contributed by atoms with E-state index in [1.165, 1.54) is 0 Å². The van der Waals surface area contributed by atoms with Crippen molar-refractivity contribution in [3.63, 3.8) is 0 Å². The Morgan fingerprint density at radius 1 is 1.05 bits per heavy atom. The molecule has 9 nitrogen and oxygen atoms in total. The molecule has 0 aliphatic carbocycles. The van der Waals surface area contributed by atoms with Gasteiger partial charge in [-0.05, 0) is 53.1 Å². The first kappa shape index (κ1) is 25.9. The molecular weight excluding hydrogens is 506 g/mol. The number of hydrogen-bond acceptors (Lipinski definition) is 7. The van der Waals surface area contributed by atoms with Crippen LogP contribution in [0.2, 0.25) is 0 Å². The quantitative estimate of drug-likeness (QED) is 0.383. The number of aromatic nitrogens is 2. The molecule has 4 heterocycles. The van der Waals surface area contributed by atoms with Crippen molar-refractivity contribution < 1.29 is 19.4 Å². The number of hydrogen-bond donors (Lipinski definition) is 2. The summed E-state index contributed by atoms with van der Waals surface area (Å²) in [5, 5.41) is 19.9. The summed E-state index contributed by atoms with van der Waals surface area (Å²) < 4.78 is 11.6. The highest BCUT2D eigenvalue weighted by Crippen LogP contribution is 2.34. The number of ether oxygens (including phenoxy) is 2. The minimum atomic E-state index is -0.439. The number of carbonyl (C=O) groups is 1. The molecule has 2 aliphatic rings. The average molecular weight is 538 g/mol. The summed E-state index contributed by atoms with van der Waals surface area (Å²) in [6.45, 7) is 3.60. The van der Waals surface area contributed by atoms with Crippen LogP contribution in [-0.4, -0.2) is 78.0 Å². The molecular formula is C31H31N5O4. The second kappa shape index (κ2) is 11.4. The van der Waals surface area contributed by atoms with Crippen molar-refractivity contribution in [3.05, 3.63) is 66.4 Å². The van der Waals surface area contributed by atoms with Crippen LogP contribution >= 0.6 is 0 Å². The highest BCUT2D eigenvalue weighted by molar-refractivity contribution is 5.96. The van der Waals surface area contributed by atoms with E-state index in [-0.39, 0.29) is 12.0 Å². The summed E-state index contributed by atoms with van der Waals surface area (Å²) in [7, 11) is 0. The summed E-state index contributed by atoms with van der Waals surface area (Å²) in [5.74, 6) is 0.393. The lowest BCUT2D eigenvalue weighted by Gasteiger charge is -2.35. The van der Waals surface area contributed by atoms with Crippen LogP contribution in [0.1, 0.15) is 18.4 Å². The normalized spacial score (nSPS) is 16.2. The van der Waals surface area contributed by atoms with E-state index in [9.17, 15) is 10.1 Å². The lowest BCUT2D eigenvalue weighted by atomic mass is 10.0. The molecule has 204 valence electrons. The summed E-state index contributed by atoms with van der Waals surface area (Å²) in [4.78, 5) is 23.7. The zero-order chi connectivity index (χ0) is 27.5. The lowest BCUT2D eigenvalue weighted by Crippen LogP contribution is -2.49. The van der Waals surface area contributed by atoms with Crippen LogP contribution < -0.4 is 9.64 Å². The largest absolute Gasteiger partial charge is 0.489 e. The Balaban J connectivity index is 1.22. The van der Waals surface area contributed by atoms with Gasteiger partial charge in [-0.2, -0.15) is 5.26 Å². The van der Waals surface area contributed by atoms with Crippen LogP contribution in [0.4, 0.5) is 5.69 Å². The second-order valence-corrected chi connectivity index (χ2v) is 10.1. The average Bonchev–Trinajstić information content (AvgIpc) is 3.46. The number of aromatic amines is 1. The topological polar surface area (TPSA) is 115 Å². The maximum Gasteiger partial charge on any atom is 0.248 e. The zero-order valence-corrected chi connectivity index (χ0v) is 22.2. The molecule has 2 saturated heterocycles. The van der Waals surface area contributed by atoms with Crippen LogP contribution in [-0.2, 0) is 9.53 Å². The summed E-state index contributed by atoms with van der Waals surface area (Å²) in [5.41, 5.74) is 6.32. The third kappa shape index (κ3) is 5.24. The Hall–Kier alpha value is -4.39. The van der Waals surface area contributed by atoms with Gasteiger partial charge in [0.2, 0.25) is 5.91 Å². The number of aliphatic hydroxyl groups excluding tert-OH is 1. The number of pyridine rings is 1. The first-order valence-corrected chi connectivity index (χ1v) is 13.6. The first-order chi connectivity index (χ1) is 19.6. The van der Waals surface area contributed by atoms with Crippen molar-refractivity contribution in [2.45, 2.75) is 18.9 Å². The molecule has 2 fully saturated rings. The number of amides is 1. The molecule has 0 unspecified atom stereocenters. The third-order valence-electron chi connectivity index (χ3n) is 7.72. The number of benzene rings is 2. The van der Waals surface area contributed by atoms with E-state index in [0.717, 1.165) is 65.0 Å². The third-order valence-corrected chi connectivity index (χ3v) is 7.72. The molecule has 0 radical (unpaired) electrons. The molecule has 2 N–H and O–H groups in total. The number of nitriles is 1.